The molecule has 2 aliphatic heterocycles. The van der Waals surface area contributed by atoms with Crippen molar-refractivity contribution >= 4 is 17.0 Å². The summed E-state index contributed by atoms with van der Waals surface area (Å²) >= 11 is 1.70. The van der Waals surface area contributed by atoms with Crippen molar-refractivity contribution in [2.45, 2.75) is 18.7 Å². The second-order valence-corrected chi connectivity index (χ2v) is 7.77. The molecule has 140 valence electrons. The van der Waals surface area contributed by atoms with Crippen LogP contribution in [0.3, 0.4) is 0 Å². The van der Waals surface area contributed by atoms with Crippen LogP contribution in [-0.2, 0) is 0 Å². The van der Waals surface area contributed by atoms with Gasteiger partial charge in [0.2, 0.25) is 6.23 Å². The van der Waals surface area contributed by atoms with Gasteiger partial charge in [-0.15, -0.1) is 11.3 Å². The van der Waals surface area contributed by atoms with Crippen molar-refractivity contribution in [3.63, 3.8) is 0 Å². The van der Waals surface area contributed by atoms with Crippen LogP contribution in [-0.4, -0.2) is 17.3 Å². The van der Waals surface area contributed by atoms with Crippen molar-refractivity contribution in [2.75, 3.05) is 6.61 Å². The average Bonchev–Trinajstić information content (AvgIpc) is 3.42. The van der Waals surface area contributed by atoms with Gasteiger partial charge in [0.25, 0.3) is 0 Å². The molecule has 5 rings (SSSR count). The van der Waals surface area contributed by atoms with E-state index in [1.54, 1.807) is 17.4 Å². The highest BCUT2D eigenvalue weighted by Crippen LogP contribution is 2.48. The lowest BCUT2D eigenvalue weighted by atomic mass is 9.96. The lowest BCUT2D eigenvalue weighted by Gasteiger charge is -2.37. The van der Waals surface area contributed by atoms with E-state index in [0.717, 1.165) is 34.1 Å². The van der Waals surface area contributed by atoms with Crippen LogP contribution in [0.5, 0.6) is 11.5 Å². The van der Waals surface area contributed by atoms with E-state index < -0.39 is 0 Å². The fourth-order valence-corrected chi connectivity index (χ4v) is 4.47. The largest absolute Gasteiger partial charge is 0.490 e. The molecular formula is C23H20N2O2S. The van der Waals surface area contributed by atoms with Crippen molar-refractivity contribution < 1.29 is 9.47 Å². The summed E-state index contributed by atoms with van der Waals surface area (Å²) < 4.78 is 11.9. The molecule has 4 nitrogen and oxygen atoms in total. The van der Waals surface area contributed by atoms with Crippen LogP contribution in [0.15, 0.2) is 83.8 Å². The number of ether oxygens (including phenoxy) is 2. The van der Waals surface area contributed by atoms with Gasteiger partial charge in [-0.25, -0.2) is 5.01 Å². The topological polar surface area (TPSA) is 34.1 Å². The third-order valence-corrected chi connectivity index (χ3v) is 5.94. The summed E-state index contributed by atoms with van der Waals surface area (Å²) in [6, 6.07) is 20.8. The standard InChI is InChI=1S/C23H20N2O2S/c1-2-13-26-17-11-9-16(10-12-17)19-15-20-18-6-3-4-7-21(18)27-23(25(20)24-19)22-8-5-14-28-22/h2-12,14,20,23H,1,13,15H2/t20-,23-/m1/s1. The summed E-state index contributed by atoms with van der Waals surface area (Å²) in [5.41, 5.74) is 3.38. The minimum absolute atomic E-state index is 0.184. The number of para-hydroxylation sites is 1. The molecule has 0 N–H and O–H groups in total. The number of rotatable bonds is 5. The molecule has 0 radical (unpaired) electrons. The van der Waals surface area contributed by atoms with Crippen LogP contribution in [0.2, 0.25) is 0 Å². The average molecular weight is 388 g/mol. The maximum atomic E-state index is 6.34. The van der Waals surface area contributed by atoms with Gasteiger partial charge in [-0.2, -0.15) is 5.10 Å². The zero-order chi connectivity index (χ0) is 18.9. The zero-order valence-corrected chi connectivity index (χ0v) is 16.1. The van der Waals surface area contributed by atoms with Crippen LogP contribution in [0.25, 0.3) is 0 Å². The van der Waals surface area contributed by atoms with Crippen LogP contribution >= 0.6 is 11.3 Å². The molecule has 0 amide bonds. The molecule has 3 aromatic rings. The van der Waals surface area contributed by atoms with Crippen molar-refractivity contribution in [3.8, 4) is 11.5 Å². The molecule has 0 spiro atoms. The van der Waals surface area contributed by atoms with E-state index in [9.17, 15) is 0 Å². The lowest BCUT2D eigenvalue weighted by molar-refractivity contribution is -0.0165. The van der Waals surface area contributed by atoms with Gasteiger partial charge in [0, 0.05) is 12.0 Å². The number of fused-ring (bicyclic) bond motifs is 3. The van der Waals surface area contributed by atoms with Crippen molar-refractivity contribution in [1.29, 1.82) is 0 Å². The molecule has 0 saturated carbocycles. The molecule has 3 heterocycles. The van der Waals surface area contributed by atoms with E-state index >= 15 is 0 Å². The maximum absolute atomic E-state index is 6.34. The Morgan fingerprint density at radius 2 is 2.00 bits per heavy atom. The fraction of sp³-hybridized carbons (Fsp3) is 0.174. The molecule has 5 heteroatoms. The van der Waals surface area contributed by atoms with Gasteiger partial charge in [0.05, 0.1) is 16.6 Å². The molecule has 2 aliphatic rings. The first-order valence-electron chi connectivity index (χ1n) is 9.32. The maximum Gasteiger partial charge on any atom is 0.222 e. The van der Waals surface area contributed by atoms with Crippen molar-refractivity contribution in [3.05, 3.63) is 94.7 Å². The first-order chi connectivity index (χ1) is 13.8. The summed E-state index contributed by atoms with van der Waals surface area (Å²) in [5, 5.41) is 9.18. The molecule has 0 bridgehead atoms. The predicted molar refractivity (Wildman–Crippen MR) is 112 cm³/mol. The van der Waals surface area contributed by atoms with E-state index in [1.807, 2.05) is 18.2 Å². The van der Waals surface area contributed by atoms with Crippen molar-refractivity contribution in [1.82, 2.24) is 5.01 Å². The van der Waals surface area contributed by atoms with E-state index in [1.165, 1.54) is 5.56 Å². The van der Waals surface area contributed by atoms with Crippen LogP contribution < -0.4 is 9.47 Å². The van der Waals surface area contributed by atoms with Gasteiger partial charge in [0.1, 0.15) is 18.1 Å². The molecule has 2 atom stereocenters. The fourth-order valence-electron chi connectivity index (χ4n) is 3.73. The van der Waals surface area contributed by atoms with Crippen LogP contribution in [0.4, 0.5) is 0 Å². The predicted octanol–water partition coefficient (Wildman–Crippen LogP) is 5.56. The van der Waals surface area contributed by atoms with Gasteiger partial charge in [-0.3, -0.25) is 0 Å². The molecular weight excluding hydrogens is 368 g/mol. The highest BCUT2D eigenvalue weighted by Gasteiger charge is 2.41. The number of nitrogens with zero attached hydrogens (tertiary/aromatic N) is 2. The quantitative estimate of drug-likeness (QED) is 0.537. The minimum Gasteiger partial charge on any atom is -0.490 e. The van der Waals surface area contributed by atoms with E-state index in [2.05, 4.69) is 59.4 Å². The summed E-state index contributed by atoms with van der Waals surface area (Å²) in [5.74, 6) is 1.79. The van der Waals surface area contributed by atoms with Gasteiger partial charge < -0.3 is 9.47 Å². The number of hydrogen-bond acceptors (Lipinski definition) is 5. The van der Waals surface area contributed by atoms with Crippen LogP contribution in [0.1, 0.15) is 34.7 Å². The van der Waals surface area contributed by atoms with Gasteiger partial charge in [-0.05, 0) is 47.3 Å². The Bertz CT molecular complexity index is 1010. The summed E-state index contributed by atoms with van der Waals surface area (Å²) in [7, 11) is 0. The number of hydrazone groups is 1. The number of hydrogen-bond donors (Lipinski definition) is 0. The first kappa shape index (κ1) is 17.1. The van der Waals surface area contributed by atoms with Crippen LogP contribution in [0, 0.1) is 0 Å². The SMILES string of the molecule is C=CCOc1ccc(C2=NN3[C@H](C2)c2ccccc2O[C@@H]3c2cccs2)cc1. The summed E-state index contributed by atoms with van der Waals surface area (Å²) in [6.07, 6.45) is 2.41. The van der Waals surface area contributed by atoms with Gasteiger partial charge in [-0.1, -0.05) is 36.9 Å². The monoisotopic (exact) mass is 388 g/mol. The minimum atomic E-state index is -0.187. The van der Waals surface area contributed by atoms with Gasteiger partial charge >= 0.3 is 0 Å². The molecule has 0 fully saturated rings. The Morgan fingerprint density at radius 1 is 1.14 bits per heavy atom. The second kappa shape index (κ2) is 7.17. The van der Waals surface area contributed by atoms with Gasteiger partial charge in [0.15, 0.2) is 0 Å². The number of benzene rings is 2. The Hall–Kier alpha value is -3.05. The third-order valence-electron chi connectivity index (χ3n) is 5.04. The summed E-state index contributed by atoms with van der Waals surface area (Å²) in [6.45, 7) is 4.19. The molecule has 0 saturated heterocycles. The summed E-state index contributed by atoms with van der Waals surface area (Å²) in [4.78, 5) is 1.16. The lowest BCUT2D eigenvalue weighted by Crippen LogP contribution is -2.33. The van der Waals surface area contributed by atoms with E-state index in [-0.39, 0.29) is 12.3 Å². The molecule has 1 aromatic heterocycles. The van der Waals surface area contributed by atoms with Crippen molar-refractivity contribution in [2.24, 2.45) is 5.10 Å². The Kier molecular flexibility index (Phi) is 4.37. The normalized spacial score (nSPS) is 20.0. The Balaban J connectivity index is 1.48. The molecule has 0 aliphatic carbocycles. The zero-order valence-electron chi connectivity index (χ0n) is 15.3. The molecule has 28 heavy (non-hydrogen) atoms. The van der Waals surface area contributed by atoms with E-state index in [4.69, 9.17) is 14.6 Å². The smallest absolute Gasteiger partial charge is 0.222 e. The third kappa shape index (κ3) is 2.98. The Labute approximate surface area is 168 Å². The number of thiophene rings is 1. The molecule has 0 unspecified atom stereocenters. The van der Waals surface area contributed by atoms with E-state index in [0.29, 0.717) is 6.61 Å². The molecule has 2 aromatic carbocycles. The first-order valence-corrected chi connectivity index (χ1v) is 10.2. The highest BCUT2D eigenvalue weighted by molar-refractivity contribution is 7.10. The second-order valence-electron chi connectivity index (χ2n) is 6.79. The highest BCUT2D eigenvalue weighted by atomic mass is 32.1. The Morgan fingerprint density at radius 3 is 2.79 bits per heavy atom.